The molecule has 0 radical (unpaired) electrons. The summed E-state index contributed by atoms with van der Waals surface area (Å²) in [7, 11) is 0. The number of aromatic nitrogens is 2. The molecule has 1 aliphatic rings. The predicted octanol–water partition coefficient (Wildman–Crippen LogP) is 1.53. The average molecular weight is 388 g/mol. The van der Waals surface area contributed by atoms with Crippen molar-refractivity contribution in [2.24, 2.45) is 0 Å². The number of carbonyl (C=O) groups excluding carboxylic acids is 2. The van der Waals surface area contributed by atoms with Gasteiger partial charge in [-0.05, 0) is 30.2 Å². The number of halogens is 1. The Hall–Kier alpha value is -2.67. The van der Waals surface area contributed by atoms with Crippen LogP contribution in [0.2, 0.25) is 5.02 Å². The zero-order valence-corrected chi connectivity index (χ0v) is 15.7. The van der Waals surface area contributed by atoms with Crippen LogP contribution in [0.4, 0.5) is 5.95 Å². The second-order valence-electron chi connectivity index (χ2n) is 6.32. The Morgan fingerprint density at radius 2 is 1.70 bits per heavy atom. The molecule has 3 rings (SSSR count). The first-order chi connectivity index (χ1) is 13.1. The minimum absolute atomic E-state index is 0.123. The summed E-state index contributed by atoms with van der Waals surface area (Å²) < 4.78 is 0. The van der Waals surface area contributed by atoms with Crippen LogP contribution >= 0.6 is 11.6 Å². The Kier molecular flexibility index (Phi) is 6.59. The molecule has 7 nitrogen and oxygen atoms in total. The first-order valence-corrected chi connectivity index (χ1v) is 9.30. The van der Waals surface area contributed by atoms with Crippen molar-refractivity contribution >= 4 is 29.4 Å². The van der Waals surface area contributed by atoms with E-state index in [1.165, 1.54) is 0 Å². The third-order valence-electron chi connectivity index (χ3n) is 4.43. The lowest BCUT2D eigenvalue weighted by molar-refractivity contribution is -0.136. The maximum atomic E-state index is 12.3. The third-order valence-corrected chi connectivity index (χ3v) is 4.68. The van der Waals surface area contributed by atoms with Crippen LogP contribution < -0.4 is 10.2 Å². The number of piperazine rings is 1. The van der Waals surface area contributed by atoms with Gasteiger partial charge in [-0.2, -0.15) is 0 Å². The summed E-state index contributed by atoms with van der Waals surface area (Å²) in [4.78, 5) is 36.5. The quantitative estimate of drug-likeness (QED) is 0.760. The van der Waals surface area contributed by atoms with Crippen LogP contribution in [0.3, 0.4) is 0 Å². The highest BCUT2D eigenvalue weighted by Gasteiger charge is 2.23. The van der Waals surface area contributed by atoms with Crippen molar-refractivity contribution in [3.63, 3.8) is 0 Å². The molecule has 1 aromatic heterocycles. The maximum Gasteiger partial charge on any atom is 0.232 e. The first-order valence-electron chi connectivity index (χ1n) is 8.93. The topological polar surface area (TPSA) is 78.4 Å². The predicted molar refractivity (Wildman–Crippen MR) is 104 cm³/mol. The molecule has 0 spiro atoms. The van der Waals surface area contributed by atoms with E-state index in [9.17, 15) is 9.59 Å². The van der Waals surface area contributed by atoms with Crippen LogP contribution in [0, 0.1) is 0 Å². The lowest BCUT2D eigenvalue weighted by Crippen LogP contribution is -2.50. The normalized spacial score (nSPS) is 14.1. The lowest BCUT2D eigenvalue weighted by Gasteiger charge is -2.34. The highest BCUT2D eigenvalue weighted by Crippen LogP contribution is 2.11. The standard InChI is InChI=1S/C19H22ClN5O2/c20-16-4-2-15(3-5-16)6-9-21-17(26)14-18(27)24-10-12-25(13-11-24)19-22-7-1-8-23-19/h1-5,7-8H,6,9-14H2,(H,21,26). The van der Waals surface area contributed by atoms with Crippen LogP contribution in [0.5, 0.6) is 0 Å². The number of hydrogen-bond donors (Lipinski definition) is 1. The van der Waals surface area contributed by atoms with Crippen molar-refractivity contribution < 1.29 is 9.59 Å². The molecule has 0 bridgehead atoms. The van der Waals surface area contributed by atoms with E-state index in [-0.39, 0.29) is 18.2 Å². The van der Waals surface area contributed by atoms with Gasteiger partial charge in [0.15, 0.2) is 0 Å². The van der Waals surface area contributed by atoms with Crippen molar-refractivity contribution in [3.05, 3.63) is 53.3 Å². The Bertz CT molecular complexity index is 761. The van der Waals surface area contributed by atoms with E-state index in [1.54, 1.807) is 23.4 Å². The molecule has 2 amide bonds. The van der Waals surface area contributed by atoms with Gasteiger partial charge in [-0.1, -0.05) is 23.7 Å². The number of carbonyl (C=O) groups is 2. The summed E-state index contributed by atoms with van der Waals surface area (Å²) in [5.41, 5.74) is 1.09. The molecule has 8 heteroatoms. The first kappa shape index (κ1) is 19.1. The molecule has 0 atom stereocenters. The summed E-state index contributed by atoms with van der Waals surface area (Å²) >= 11 is 5.85. The van der Waals surface area contributed by atoms with Gasteiger partial charge in [-0.3, -0.25) is 9.59 Å². The molecular weight excluding hydrogens is 366 g/mol. The largest absolute Gasteiger partial charge is 0.355 e. The SMILES string of the molecule is O=C(CC(=O)N1CCN(c2ncccn2)CC1)NCCc1ccc(Cl)cc1. The molecule has 1 fully saturated rings. The van der Waals surface area contributed by atoms with E-state index in [2.05, 4.69) is 15.3 Å². The van der Waals surface area contributed by atoms with Crippen molar-refractivity contribution in [3.8, 4) is 0 Å². The number of amides is 2. The van der Waals surface area contributed by atoms with Gasteiger partial charge in [0, 0.05) is 50.1 Å². The molecule has 142 valence electrons. The lowest BCUT2D eigenvalue weighted by atomic mass is 10.1. The Morgan fingerprint density at radius 1 is 1.04 bits per heavy atom. The van der Waals surface area contributed by atoms with Gasteiger partial charge in [0.05, 0.1) is 0 Å². The van der Waals surface area contributed by atoms with Gasteiger partial charge in [-0.15, -0.1) is 0 Å². The van der Waals surface area contributed by atoms with Crippen molar-refractivity contribution in [2.75, 3.05) is 37.6 Å². The molecule has 2 aromatic rings. The third kappa shape index (κ3) is 5.65. The summed E-state index contributed by atoms with van der Waals surface area (Å²) in [6, 6.07) is 9.27. The van der Waals surface area contributed by atoms with E-state index in [0.717, 1.165) is 5.56 Å². The fourth-order valence-electron chi connectivity index (χ4n) is 2.92. The van der Waals surface area contributed by atoms with Crippen molar-refractivity contribution in [1.82, 2.24) is 20.2 Å². The molecule has 2 heterocycles. The Morgan fingerprint density at radius 3 is 2.37 bits per heavy atom. The van der Waals surface area contributed by atoms with Crippen LogP contribution in [0.25, 0.3) is 0 Å². The van der Waals surface area contributed by atoms with Gasteiger partial charge < -0.3 is 15.1 Å². The van der Waals surface area contributed by atoms with E-state index in [0.29, 0.717) is 50.1 Å². The molecule has 0 aliphatic carbocycles. The van der Waals surface area contributed by atoms with Gasteiger partial charge >= 0.3 is 0 Å². The van der Waals surface area contributed by atoms with E-state index >= 15 is 0 Å². The van der Waals surface area contributed by atoms with E-state index < -0.39 is 0 Å². The monoisotopic (exact) mass is 387 g/mol. The van der Waals surface area contributed by atoms with Crippen LogP contribution in [0.1, 0.15) is 12.0 Å². The Balaban J connectivity index is 1.37. The zero-order chi connectivity index (χ0) is 19.1. The number of hydrogen-bond acceptors (Lipinski definition) is 5. The number of nitrogens with zero attached hydrogens (tertiary/aromatic N) is 4. The summed E-state index contributed by atoms with van der Waals surface area (Å²) in [6.07, 6.45) is 3.98. The van der Waals surface area contributed by atoms with Gasteiger partial charge in [-0.25, -0.2) is 9.97 Å². The van der Waals surface area contributed by atoms with Gasteiger partial charge in [0.1, 0.15) is 6.42 Å². The highest BCUT2D eigenvalue weighted by molar-refractivity contribution is 6.30. The Labute approximate surface area is 163 Å². The van der Waals surface area contributed by atoms with Gasteiger partial charge in [0.25, 0.3) is 0 Å². The smallest absolute Gasteiger partial charge is 0.232 e. The molecule has 1 aliphatic heterocycles. The minimum Gasteiger partial charge on any atom is -0.355 e. The molecule has 1 aromatic carbocycles. The molecule has 27 heavy (non-hydrogen) atoms. The van der Waals surface area contributed by atoms with Crippen molar-refractivity contribution in [2.45, 2.75) is 12.8 Å². The molecule has 1 N–H and O–H groups in total. The zero-order valence-electron chi connectivity index (χ0n) is 15.0. The molecule has 0 saturated carbocycles. The summed E-state index contributed by atoms with van der Waals surface area (Å²) in [6.45, 7) is 2.94. The summed E-state index contributed by atoms with van der Waals surface area (Å²) in [5.74, 6) is 0.278. The van der Waals surface area contributed by atoms with Crippen LogP contribution in [-0.4, -0.2) is 59.4 Å². The fraction of sp³-hybridized carbons (Fsp3) is 0.368. The molecule has 1 saturated heterocycles. The second-order valence-corrected chi connectivity index (χ2v) is 6.76. The molecular formula is C19H22ClN5O2. The fourth-order valence-corrected chi connectivity index (χ4v) is 3.05. The number of benzene rings is 1. The number of anilines is 1. The average Bonchev–Trinajstić information content (AvgIpc) is 2.70. The summed E-state index contributed by atoms with van der Waals surface area (Å²) in [5, 5.41) is 3.49. The van der Waals surface area contributed by atoms with E-state index in [4.69, 9.17) is 11.6 Å². The number of rotatable bonds is 6. The van der Waals surface area contributed by atoms with Gasteiger partial charge in [0.2, 0.25) is 17.8 Å². The van der Waals surface area contributed by atoms with Crippen LogP contribution in [0.15, 0.2) is 42.7 Å². The van der Waals surface area contributed by atoms with E-state index in [1.807, 2.05) is 29.2 Å². The number of nitrogens with one attached hydrogen (secondary N) is 1. The van der Waals surface area contributed by atoms with Crippen LogP contribution in [-0.2, 0) is 16.0 Å². The second kappa shape index (κ2) is 9.32. The minimum atomic E-state index is -0.247. The molecule has 0 unspecified atom stereocenters. The highest BCUT2D eigenvalue weighted by atomic mass is 35.5. The van der Waals surface area contributed by atoms with Crippen molar-refractivity contribution in [1.29, 1.82) is 0 Å². The maximum absolute atomic E-state index is 12.3.